The van der Waals surface area contributed by atoms with Crippen LogP contribution in [0.2, 0.25) is 0 Å². The summed E-state index contributed by atoms with van der Waals surface area (Å²) < 4.78 is 56.3. The molecule has 0 unspecified atom stereocenters. The van der Waals surface area contributed by atoms with E-state index in [4.69, 9.17) is 42.6 Å². The van der Waals surface area contributed by atoms with E-state index >= 15 is 0 Å². The summed E-state index contributed by atoms with van der Waals surface area (Å²) in [5.74, 6) is -2.38. The first kappa shape index (κ1) is 25.0. The first-order valence-corrected chi connectivity index (χ1v) is 13.7. The van der Waals surface area contributed by atoms with E-state index in [1.807, 2.05) is 13.0 Å². The molecule has 5 atom stereocenters. The van der Waals surface area contributed by atoms with Crippen LogP contribution >= 0.6 is 0 Å². The molecule has 40 heavy (non-hydrogen) atoms. The normalized spacial score (nSPS) is 35.5. The summed E-state index contributed by atoms with van der Waals surface area (Å²) in [4.78, 5) is 25.8. The van der Waals surface area contributed by atoms with Gasteiger partial charge in [0.2, 0.25) is 11.9 Å². The highest BCUT2D eigenvalue weighted by Crippen LogP contribution is 2.72. The molecule has 5 aliphatic heterocycles. The van der Waals surface area contributed by atoms with Crippen LogP contribution in [0.4, 0.5) is 0 Å². The molecular weight excluding hydrogens is 524 g/mol. The Morgan fingerprint density at radius 3 is 2.52 bits per heavy atom. The maximum Gasteiger partial charge on any atom is 0.308 e. The molecule has 2 bridgehead atoms. The van der Waals surface area contributed by atoms with E-state index < -0.39 is 41.6 Å². The summed E-state index contributed by atoms with van der Waals surface area (Å²) in [6.45, 7) is 4.50. The number of Topliss-reactive ketones (excluding diaryl/α,β-unsaturated/α-hetero) is 1. The fourth-order valence-corrected chi connectivity index (χ4v) is 7.54. The van der Waals surface area contributed by atoms with Gasteiger partial charge < -0.3 is 42.6 Å². The molecule has 6 aliphatic rings. The van der Waals surface area contributed by atoms with Gasteiger partial charge in [-0.2, -0.15) is 0 Å². The van der Waals surface area contributed by atoms with Crippen molar-refractivity contribution >= 4 is 22.5 Å². The Morgan fingerprint density at radius 1 is 1.07 bits per heavy atom. The molecule has 0 saturated carbocycles. The van der Waals surface area contributed by atoms with Crippen LogP contribution in [0.1, 0.15) is 59.3 Å². The van der Waals surface area contributed by atoms with Crippen LogP contribution in [-0.2, 0) is 39.6 Å². The molecule has 0 amide bonds. The van der Waals surface area contributed by atoms with Crippen molar-refractivity contribution < 1.29 is 52.2 Å². The maximum atomic E-state index is 13.3. The zero-order chi connectivity index (χ0) is 27.6. The molecule has 0 aromatic heterocycles. The van der Waals surface area contributed by atoms with E-state index in [9.17, 15) is 9.59 Å². The lowest BCUT2D eigenvalue weighted by Crippen LogP contribution is -2.70. The van der Waals surface area contributed by atoms with Gasteiger partial charge in [-0.05, 0) is 37.8 Å². The van der Waals surface area contributed by atoms with Gasteiger partial charge in [-0.15, -0.1) is 0 Å². The quantitative estimate of drug-likeness (QED) is 0.315. The lowest BCUT2D eigenvalue weighted by atomic mass is 9.78. The fourth-order valence-electron chi connectivity index (χ4n) is 7.54. The fraction of sp³-hybridized carbons (Fsp3) is 0.586. The first-order valence-electron chi connectivity index (χ1n) is 13.7. The van der Waals surface area contributed by atoms with Crippen LogP contribution in [-0.4, -0.2) is 75.4 Å². The third kappa shape index (κ3) is 2.76. The minimum absolute atomic E-state index is 0.112. The van der Waals surface area contributed by atoms with E-state index in [1.54, 1.807) is 14.2 Å². The number of methoxy groups -OCH3 is 2. The molecule has 0 N–H and O–H groups in total. The zero-order valence-corrected chi connectivity index (χ0v) is 22.7. The molecular formula is C29H30O11. The number of rotatable bonds is 4. The molecule has 2 aromatic carbocycles. The number of carbonyl (C=O) groups excluding carboxylic acids is 2. The molecule has 4 fully saturated rings. The second-order valence-corrected chi connectivity index (χ2v) is 11.2. The summed E-state index contributed by atoms with van der Waals surface area (Å²) in [5, 5.41) is 1.12. The highest BCUT2D eigenvalue weighted by atomic mass is 16.9. The summed E-state index contributed by atoms with van der Waals surface area (Å²) >= 11 is 0. The molecule has 212 valence electrons. The van der Waals surface area contributed by atoms with Crippen molar-refractivity contribution in [3.63, 3.8) is 0 Å². The average Bonchev–Trinajstić information content (AvgIpc) is 3.60. The van der Waals surface area contributed by atoms with Crippen LogP contribution in [0, 0.1) is 6.92 Å². The van der Waals surface area contributed by atoms with Crippen LogP contribution < -0.4 is 14.2 Å². The van der Waals surface area contributed by atoms with Gasteiger partial charge in [0.15, 0.2) is 17.6 Å². The Balaban J connectivity index is 1.42. The monoisotopic (exact) mass is 554 g/mol. The van der Waals surface area contributed by atoms with Gasteiger partial charge in [0.05, 0.1) is 37.9 Å². The molecule has 11 heteroatoms. The topological polar surface area (TPSA) is 121 Å². The number of epoxide rings is 1. The van der Waals surface area contributed by atoms with Gasteiger partial charge in [-0.3, -0.25) is 9.59 Å². The first-order chi connectivity index (χ1) is 19.3. The van der Waals surface area contributed by atoms with E-state index in [-0.39, 0.29) is 18.1 Å². The van der Waals surface area contributed by atoms with Gasteiger partial charge in [0.25, 0.3) is 11.6 Å². The number of esters is 1. The molecule has 1 aliphatic carbocycles. The van der Waals surface area contributed by atoms with Crippen molar-refractivity contribution in [1.29, 1.82) is 0 Å². The second kappa shape index (κ2) is 8.15. The van der Waals surface area contributed by atoms with Gasteiger partial charge >= 0.3 is 5.97 Å². The van der Waals surface area contributed by atoms with E-state index in [2.05, 4.69) is 0 Å². The number of ketones is 1. The van der Waals surface area contributed by atoms with Crippen LogP contribution in [0.15, 0.2) is 6.07 Å². The Morgan fingerprint density at radius 2 is 1.85 bits per heavy atom. The molecule has 4 saturated heterocycles. The van der Waals surface area contributed by atoms with Crippen molar-refractivity contribution in [3.05, 3.63) is 28.3 Å². The highest BCUT2D eigenvalue weighted by molar-refractivity contribution is 6.12. The van der Waals surface area contributed by atoms with Crippen molar-refractivity contribution in [2.75, 3.05) is 34.0 Å². The lowest BCUT2D eigenvalue weighted by Gasteiger charge is -2.49. The number of hydrogen-bond donors (Lipinski definition) is 0. The third-order valence-electron chi connectivity index (χ3n) is 9.15. The largest absolute Gasteiger partial charge is 0.496 e. The van der Waals surface area contributed by atoms with Gasteiger partial charge in [-0.25, -0.2) is 0 Å². The van der Waals surface area contributed by atoms with Crippen LogP contribution in [0.5, 0.6) is 17.2 Å². The summed E-state index contributed by atoms with van der Waals surface area (Å²) in [6.07, 6.45) is 0.238. The summed E-state index contributed by atoms with van der Waals surface area (Å²) in [5.41, 5.74) is 1.48. The predicted molar refractivity (Wildman–Crippen MR) is 135 cm³/mol. The molecule has 11 nitrogen and oxygen atoms in total. The molecule has 0 radical (unpaired) electrons. The van der Waals surface area contributed by atoms with E-state index in [1.165, 1.54) is 6.92 Å². The Labute approximate surface area is 229 Å². The summed E-state index contributed by atoms with van der Waals surface area (Å²) in [6, 6.07) is 1.96. The highest BCUT2D eigenvalue weighted by Gasteiger charge is 2.93. The SMILES string of the molecule is COc1c2c(c(OC(C)=O)c3c4c(c(C)cc13)[C@H]1O[C@]3(C5OCCCO5)O[C@@H]1[C@@](OC)(O4)[C@@]31CO1)C(=O)CCC2. The molecule has 8 rings (SSSR count). The average molecular weight is 555 g/mol. The standard InChI is InChI=1S/C29H30O11/c1-13-11-16-20(22(37-14(2)30)19-15(21(16)32-3)7-5-8-17(19)31)23-18(13)24-25-28(33-4,38-23)27(12-36-27)29(39-24,40-25)26-34-9-6-10-35-26/h11,24-26H,5-10,12H2,1-4H3/t24-,25+,27+,28-,29-/m1/s1. The van der Waals surface area contributed by atoms with Crippen molar-refractivity contribution in [3.8, 4) is 17.2 Å². The predicted octanol–water partition coefficient (Wildman–Crippen LogP) is 3.03. The summed E-state index contributed by atoms with van der Waals surface area (Å²) in [7, 11) is 3.12. The zero-order valence-electron chi connectivity index (χ0n) is 22.7. The van der Waals surface area contributed by atoms with Crippen molar-refractivity contribution in [2.24, 2.45) is 0 Å². The smallest absolute Gasteiger partial charge is 0.308 e. The second-order valence-electron chi connectivity index (χ2n) is 11.2. The molecule has 2 aromatic rings. The maximum absolute atomic E-state index is 13.3. The van der Waals surface area contributed by atoms with Gasteiger partial charge in [0.1, 0.15) is 17.6 Å². The number of fused-ring (bicyclic) bond motifs is 8. The minimum atomic E-state index is -1.42. The Bertz CT molecular complexity index is 1490. The minimum Gasteiger partial charge on any atom is -0.496 e. The van der Waals surface area contributed by atoms with Crippen LogP contribution in [0.3, 0.4) is 0 Å². The lowest BCUT2D eigenvalue weighted by molar-refractivity contribution is -0.365. The number of hydrogen-bond acceptors (Lipinski definition) is 11. The Hall–Kier alpha value is -2.80. The van der Waals surface area contributed by atoms with Gasteiger partial charge in [0, 0.05) is 37.0 Å². The number of benzene rings is 2. The van der Waals surface area contributed by atoms with Crippen LogP contribution in [0.25, 0.3) is 10.8 Å². The third-order valence-corrected chi connectivity index (χ3v) is 9.15. The number of carbonyl (C=O) groups is 2. The van der Waals surface area contributed by atoms with E-state index in [0.717, 1.165) is 17.5 Å². The molecule has 1 spiro atoms. The number of ether oxygens (including phenoxy) is 9. The molecule has 5 heterocycles. The van der Waals surface area contributed by atoms with Crippen molar-refractivity contribution in [1.82, 2.24) is 0 Å². The van der Waals surface area contributed by atoms with Crippen molar-refractivity contribution in [2.45, 2.75) is 75.2 Å². The number of aryl methyl sites for hydroxylation is 1. The van der Waals surface area contributed by atoms with Gasteiger partial charge in [-0.1, -0.05) is 0 Å². The Kier molecular flexibility index (Phi) is 5.08. The van der Waals surface area contributed by atoms with E-state index in [0.29, 0.717) is 65.9 Å².